The van der Waals surface area contributed by atoms with E-state index in [4.69, 9.17) is 16.7 Å². The number of anilines is 1. The molecule has 0 radical (unpaired) electrons. The van der Waals surface area contributed by atoms with Gasteiger partial charge in [0, 0.05) is 17.3 Å². The Bertz CT molecular complexity index is 1140. The predicted octanol–water partition coefficient (Wildman–Crippen LogP) is 1.72. The summed E-state index contributed by atoms with van der Waals surface area (Å²) in [7, 11) is 0. The van der Waals surface area contributed by atoms with E-state index in [0.29, 0.717) is 21.7 Å². The van der Waals surface area contributed by atoms with E-state index >= 15 is 0 Å². The number of halogens is 1. The van der Waals surface area contributed by atoms with Gasteiger partial charge >= 0.3 is 17.8 Å². The molecule has 0 amide bonds. The number of carboxylic acid groups (broad SMARTS) is 1. The van der Waals surface area contributed by atoms with E-state index < -0.39 is 30.4 Å². The molecule has 1 atom stereocenters. The van der Waals surface area contributed by atoms with Crippen LogP contribution in [0.2, 0.25) is 5.02 Å². The molecule has 1 unspecified atom stereocenters. The van der Waals surface area contributed by atoms with E-state index in [1.165, 1.54) is 30.3 Å². The summed E-state index contributed by atoms with van der Waals surface area (Å²) in [6.07, 6.45) is -1.22. The third-order valence-electron chi connectivity index (χ3n) is 4.89. The maximum Gasteiger partial charge on any atom is 0.335 e. The lowest BCUT2D eigenvalue weighted by Crippen LogP contribution is -2.67. The lowest BCUT2D eigenvalue weighted by molar-refractivity contribution is -0.357. The molecule has 8 N–H and O–H groups in total. The second kappa shape index (κ2) is 9.86. The van der Waals surface area contributed by atoms with Crippen molar-refractivity contribution in [1.82, 2.24) is 5.32 Å². The van der Waals surface area contributed by atoms with E-state index in [1.54, 1.807) is 42.5 Å². The van der Waals surface area contributed by atoms with Gasteiger partial charge in [-0.15, -0.1) is 0 Å². The minimum atomic E-state index is -3.28. The normalized spacial score (nSPS) is 12.9. The van der Waals surface area contributed by atoms with E-state index in [9.17, 15) is 30.3 Å². The summed E-state index contributed by atoms with van der Waals surface area (Å²) >= 11 is 5.87. The Morgan fingerprint density at radius 1 is 0.879 bits per heavy atom. The summed E-state index contributed by atoms with van der Waals surface area (Å²) in [5.74, 6) is -7.64. The molecule has 0 aliphatic rings. The third-order valence-corrected chi connectivity index (χ3v) is 5.12. The van der Waals surface area contributed by atoms with Crippen LogP contribution >= 0.6 is 11.6 Å². The highest BCUT2D eigenvalue weighted by atomic mass is 35.5. The van der Waals surface area contributed by atoms with Crippen molar-refractivity contribution in [2.45, 2.75) is 17.9 Å². The molecular formula is C23H23ClN2O7. The van der Waals surface area contributed by atoms with Crippen molar-refractivity contribution in [2.75, 3.05) is 11.9 Å². The number of aliphatic hydroxyl groups excluding tert-OH is 1. The molecule has 33 heavy (non-hydrogen) atoms. The summed E-state index contributed by atoms with van der Waals surface area (Å²) in [5.41, 5.74) is 1.67. The van der Waals surface area contributed by atoms with Gasteiger partial charge in [-0.2, -0.15) is 0 Å². The molecular weight excluding hydrogens is 452 g/mol. The molecule has 0 spiro atoms. The third kappa shape index (κ3) is 6.06. The van der Waals surface area contributed by atoms with Crippen LogP contribution in [0, 0.1) is 0 Å². The van der Waals surface area contributed by atoms with Gasteiger partial charge in [0.15, 0.2) is 0 Å². The predicted molar refractivity (Wildman–Crippen MR) is 121 cm³/mol. The first-order valence-electron chi connectivity index (χ1n) is 9.78. The summed E-state index contributed by atoms with van der Waals surface area (Å²) < 4.78 is 0. The first-order chi connectivity index (χ1) is 15.5. The molecule has 3 rings (SSSR count). The average Bonchev–Trinajstić information content (AvgIpc) is 2.77. The van der Waals surface area contributed by atoms with Crippen molar-refractivity contribution in [3.05, 3.63) is 88.9 Å². The number of hydrogen-bond donors (Lipinski definition) is 8. The lowest BCUT2D eigenvalue weighted by atomic mass is 10.0. The van der Waals surface area contributed by atoms with Gasteiger partial charge in [-0.3, -0.25) is 5.32 Å². The van der Waals surface area contributed by atoms with Crippen LogP contribution in [0.3, 0.4) is 0 Å². The van der Waals surface area contributed by atoms with Gasteiger partial charge in [-0.1, -0.05) is 48.0 Å². The molecule has 0 aromatic heterocycles. The van der Waals surface area contributed by atoms with Crippen LogP contribution in [-0.2, 0) is 0 Å². The Labute approximate surface area is 194 Å². The number of benzene rings is 3. The zero-order chi connectivity index (χ0) is 24.2. The van der Waals surface area contributed by atoms with E-state index in [1.807, 2.05) is 0 Å². The van der Waals surface area contributed by atoms with Gasteiger partial charge in [0.05, 0.1) is 11.7 Å². The van der Waals surface area contributed by atoms with E-state index in [2.05, 4.69) is 10.6 Å². The summed E-state index contributed by atoms with van der Waals surface area (Å²) in [5, 5.41) is 65.1. The van der Waals surface area contributed by atoms with Crippen LogP contribution in [0.4, 0.5) is 5.69 Å². The molecule has 0 fully saturated rings. The smallest absolute Gasteiger partial charge is 0.335 e. The summed E-state index contributed by atoms with van der Waals surface area (Å²) in [6.45, 7) is -0.445. The van der Waals surface area contributed by atoms with Gasteiger partial charge < -0.3 is 36.0 Å². The molecule has 10 heteroatoms. The molecule has 174 valence electrons. The fourth-order valence-corrected chi connectivity index (χ4v) is 3.29. The number of aliphatic hydroxyl groups is 5. The maximum absolute atomic E-state index is 11.2. The van der Waals surface area contributed by atoms with Crippen LogP contribution in [0.15, 0.2) is 72.8 Å². The van der Waals surface area contributed by atoms with Crippen LogP contribution < -0.4 is 10.6 Å². The summed E-state index contributed by atoms with van der Waals surface area (Å²) in [6, 6.07) is 18.6. The van der Waals surface area contributed by atoms with E-state index in [0.717, 1.165) is 0 Å². The molecule has 0 bridgehead atoms. The second-order valence-electron chi connectivity index (χ2n) is 7.39. The maximum atomic E-state index is 11.2. The first-order valence-corrected chi connectivity index (χ1v) is 10.2. The van der Waals surface area contributed by atoms with E-state index in [-0.39, 0.29) is 11.3 Å². The van der Waals surface area contributed by atoms with Crippen LogP contribution in [0.1, 0.15) is 22.0 Å². The fourth-order valence-electron chi connectivity index (χ4n) is 3.09. The first kappa shape index (κ1) is 24.6. The topological polar surface area (TPSA) is 163 Å². The molecule has 3 aromatic rings. The highest BCUT2D eigenvalue weighted by Gasteiger charge is 2.48. The fraction of sp³-hybridized carbons (Fsp3) is 0.174. The standard InChI is InChI=1S/C23H23ClN2O7/c24-18-8-2-6-16(11-18)20(27)13-25-22(30,31)23(32,33)26-19-9-3-5-15(12-19)14-4-1-7-17(10-14)21(28)29/h1-12,20,25-27,30-33H,13H2,(H,28,29). The van der Waals surface area contributed by atoms with Gasteiger partial charge in [-0.25, -0.2) is 4.79 Å². The van der Waals surface area contributed by atoms with Crippen molar-refractivity contribution in [1.29, 1.82) is 0 Å². The highest BCUT2D eigenvalue weighted by Crippen LogP contribution is 2.27. The second-order valence-corrected chi connectivity index (χ2v) is 7.82. The van der Waals surface area contributed by atoms with Gasteiger partial charge in [0.2, 0.25) is 0 Å². The Kier molecular flexibility index (Phi) is 7.35. The monoisotopic (exact) mass is 474 g/mol. The number of aromatic carboxylic acids is 1. The highest BCUT2D eigenvalue weighted by molar-refractivity contribution is 6.30. The minimum Gasteiger partial charge on any atom is -0.478 e. The lowest BCUT2D eigenvalue weighted by Gasteiger charge is -2.36. The largest absolute Gasteiger partial charge is 0.478 e. The Morgan fingerprint density at radius 3 is 2.18 bits per heavy atom. The van der Waals surface area contributed by atoms with Crippen molar-refractivity contribution in [2.24, 2.45) is 0 Å². The van der Waals surface area contributed by atoms with Crippen molar-refractivity contribution in [3.63, 3.8) is 0 Å². The number of hydrogen-bond acceptors (Lipinski definition) is 8. The number of carbonyl (C=O) groups is 1. The zero-order valence-corrected chi connectivity index (χ0v) is 17.9. The quantitative estimate of drug-likeness (QED) is 0.216. The molecule has 0 saturated carbocycles. The number of rotatable bonds is 9. The number of nitrogens with one attached hydrogen (secondary N) is 2. The molecule has 9 nitrogen and oxygen atoms in total. The molecule has 0 saturated heterocycles. The Balaban J connectivity index is 1.73. The molecule has 0 aliphatic carbocycles. The van der Waals surface area contributed by atoms with Crippen LogP contribution in [0.25, 0.3) is 11.1 Å². The Hall–Kier alpha value is -3.02. The Morgan fingerprint density at radius 2 is 1.52 bits per heavy atom. The van der Waals surface area contributed by atoms with Crippen molar-refractivity contribution >= 4 is 23.3 Å². The van der Waals surface area contributed by atoms with Gasteiger partial charge in [-0.05, 0) is 53.1 Å². The number of carboxylic acids is 1. The van der Waals surface area contributed by atoms with Gasteiger partial charge in [0.1, 0.15) is 0 Å². The van der Waals surface area contributed by atoms with Crippen molar-refractivity contribution in [3.8, 4) is 11.1 Å². The molecule has 3 aromatic carbocycles. The SMILES string of the molecule is O=C(O)c1cccc(-c2cccc(NC(O)(O)C(O)(O)NCC(O)c3cccc(Cl)c3)c2)c1. The molecule has 0 aliphatic heterocycles. The zero-order valence-electron chi connectivity index (χ0n) is 17.2. The van der Waals surface area contributed by atoms with Crippen molar-refractivity contribution < 1.29 is 35.4 Å². The molecule has 0 heterocycles. The summed E-state index contributed by atoms with van der Waals surface area (Å²) in [4.78, 5) is 11.2. The average molecular weight is 475 g/mol. The van der Waals surface area contributed by atoms with Crippen LogP contribution in [-0.4, -0.2) is 55.0 Å². The van der Waals surface area contributed by atoms with Crippen LogP contribution in [0.5, 0.6) is 0 Å². The minimum absolute atomic E-state index is 0.0803. The van der Waals surface area contributed by atoms with Gasteiger partial charge in [0.25, 0.3) is 0 Å².